The summed E-state index contributed by atoms with van der Waals surface area (Å²) < 4.78 is 3.81. The number of nitrogens with one attached hydrogen (secondary N) is 1. The second kappa shape index (κ2) is 7.87. The van der Waals surface area contributed by atoms with Crippen molar-refractivity contribution in [3.63, 3.8) is 0 Å². The minimum absolute atomic E-state index is 0.0402. The highest BCUT2D eigenvalue weighted by molar-refractivity contribution is 7.03. The van der Waals surface area contributed by atoms with E-state index in [0.29, 0.717) is 0 Å². The summed E-state index contributed by atoms with van der Waals surface area (Å²) >= 11 is 1.13. The molecule has 1 aliphatic rings. The summed E-state index contributed by atoms with van der Waals surface area (Å²) in [4.78, 5) is 30.1. The molecule has 0 saturated heterocycles. The third-order valence-electron chi connectivity index (χ3n) is 4.50. The van der Waals surface area contributed by atoms with Crippen LogP contribution in [0.15, 0.2) is 29.6 Å². The van der Waals surface area contributed by atoms with Gasteiger partial charge in [-0.1, -0.05) is 16.6 Å². The van der Waals surface area contributed by atoms with Crippen molar-refractivity contribution in [2.45, 2.75) is 51.2 Å². The van der Waals surface area contributed by atoms with Crippen molar-refractivity contribution in [2.24, 2.45) is 0 Å². The van der Waals surface area contributed by atoms with Crippen LogP contribution >= 0.6 is 11.5 Å². The van der Waals surface area contributed by atoms with Crippen LogP contribution < -0.4 is 10.2 Å². The van der Waals surface area contributed by atoms with E-state index in [4.69, 9.17) is 0 Å². The number of anilines is 1. The van der Waals surface area contributed by atoms with Gasteiger partial charge in [-0.15, -0.1) is 5.10 Å². The van der Waals surface area contributed by atoms with E-state index in [0.717, 1.165) is 35.6 Å². The molecule has 1 aromatic carbocycles. The van der Waals surface area contributed by atoms with Crippen LogP contribution in [0.4, 0.5) is 5.69 Å². The van der Waals surface area contributed by atoms with Gasteiger partial charge in [0.15, 0.2) is 5.69 Å². The van der Waals surface area contributed by atoms with E-state index in [1.807, 2.05) is 64.0 Å². The lowest BCUT2D eigenvalue weighted by molar-refractivity contribution is -0.127. The Morgan fingerprint density at radius 3 is 2.29 bits per heavy atom. The number of aromatic nitrogens is 2. The second-order valence-corrected chi connectivity index (χ2v) is 8.97. The molecule has 0 radical (unpaired) electrons. The van der Waals surface area contributed by atoms with Gasteiger partial charge in [-0.05, 0) is 62.8 Å². The van der Waals surface area contributed by atoms with Crippen molar-refractivity contribution in [2.75, 3.05) is 19.0 Å². The van der Waals surface area contributed by atoms with Gasteiger partial charge in [0.1, 0.15) is 6.04 Å². The van der Waals surface area contributed by atoms with E-state index >= 15 is 0 Å². The Kier molecular flexibility index (Phi) is 5.69. The molecule has 1 N–H and O–H groups in total. The summed E-state index contributed by atoms with van der Waals surface area (Å²) in [6, 6.07) is 7.10. The van der Waals surface area contributed by atoms with E-state index in [1.54, 1.807) is 10.3 Å². The molecule has 1 atom stereocenters. The Morgan fingerprint density at radius 1 is 1.18 bits per heavy atom. The Bertz CT molecular complexity index is 823. The predicted molar refractivity (Wildman–Crippen MR) is 111 cm³/mol. The number of benzene rings is 1. The van der Waals surface area contributed by atoms with E-state index in [2.05, 4.69) is 14.9 Å². The fraction of sp³-hybridized carbons (Fsp3) is 0.500. The number of hydrogen-bond donors (Lipinski definition) is 1. The maximum Gasteiger partial charge on any atom is 0.276 e. The lowest BCUT2D eigenvalue weighted by atomic mass is 10.0. The van der Waals surface area contributed by atoms with Gasteiger partial charge >= 0.3 is 0 Å². The Balaban J connectivity index is 2.00. The maximum atomic E-state index is 13.3. The monoisotopic (exact) mass is 401 g/mol. The van der Waals surface area contributed by atoms with Crippen molar-refractivity contribution in [3.05, 3.63) is 40.9 Å². The summed E-state index contributed by atoms with van der Waals surface area (Å²) in [6.07, 6.45) is 1.77. The van der Waals surface area contributed by atoms with Crippen molar-refractivity contribution in [1.82, 2.24) is 19.8 Å². The number of nitrogens with zero attached hydrogens (tertiary/aromatic N) is 4. The first-order valence-electron chi connectivity index (χ1n) is 9.36. The average Bonchev–Trinajstić information content (AvgIpc) is 3.29. The molecule has 1 aliphatic carbocycles. The second-order valence-electron chi connectivity index (χ2n) is 8.36. The largest absolute Gasteiger partial charge is 0.378 e. The predicted octanol–water partition coefficient (Wildman–Crippen LogP) is 2.86. The van der Waals surface area contributed by atoms with Gasteiger partial charge in [0.25, 0.3) is 5.91 Å². The van der Waals surface area contributed by atoms with Gasteiger partial charge < -0.3 is 15.1 Å². The smallest absolute Gasteiger partial charge is 0.276 e. The summed E-state index contributed by atoms with van der Waals surface area (Å²) in [7, 11) is 3.93. The normalized spacial score (nSPS) is 15.0. The van der Waals surface area contributed by atoms with E-state index in [9.17, 15) is 9.59 Å². The SMILES string of the molecule is CN(C)c1ccc([C@H](C(=O)NC(C)(C)C)N(C(=O)c2csnn2)C2CC2)cc1. The van der Waals surface area contributed by atoms with Crippen LogP contribution in [0.5, 0.6) is 0 Å². The van der Waals surface area contributed by atoms with Gasteiger partial charge in [-0.2, -0.15) is 0 Å². The fourth-order valence-electron chi connectivity index (χ4n) is 3.07. The van der Waals surface area contributed by atoms with Crippen LogP contribution in [0.1, 0.15) is 55.7 Å². The van der Waals surface area contributed by atoms with E-state index < -0.39 is 11.6 Å². The molecule has 3 rings (SSSR count). The molecule has 2 amide bonds. The molecule has 150 valence electrons. The standard InChI is InChI=1S/C20H27N5O2S/c1-20(2,3)21-18(26)17(13-6-8-14(9-7-13)24(4)5)25(15-10-11-15)19(27)16-12-28-23-22-16/h6-9,12,15,17H,10-11H2,1-5H3,(H,21,26)/t17-/m1/s1. The number of hydrogen-bond acceptors (Lipinski definition) is 6. The number of carbonyl (C=O) groups is 2. The third-order valence-corrected chi connectivity index (χ3v) is 5.01. The zero-order valence-corrected chi connectivity index (χ0v) is 17.8. The molecule has 1 fully saturated rings. The van der Waals surface area contributed by atoms with Gasteiger partial charge in [-0.3, -0.25) is 9.59 Å². The van der Waals surface area contributed by atoms with E-state index in [1.165, 1.54) is 0 Å². The molecule has 0 aliphatic heterocycles. The van der Waals surface area contributed by atoms with Crippen LogP contribution in [0.2, 0.25) is 0 Å². The number of carbonyl (C=O) groups excluding carboxylic acids is 2. The molecule has 28 heavy (non-hydrogen) atoms. The summed E-state index contributed by atoms with van der Waals surface area (Å²) in [5.41, 5.74) is 1.71. The molecule has 0 bridgehead atoms. The molecule has 0 spiro atoms. The minimum atomic E-state index is -0.711. The van der Waals surface area contributed by atoms with Gasteiger partial charge in [0.2, 0.25) is 5.91 Å². The van der Waals surface area contributed by atoms with Crippen LogP contribution in [0, 0.1) is 0 Å². The first-order chi connectivity index (χ1) is 13.2. The Morgan fingerprint density at radius 2 is 1.82 bits per heavy atom. The average molecular weight is 402 g/mol. The van der Waals surface area contributed by atoms with Gasteiger partial charge in [-0.25, -0.2) is 0 Å². The molecular formula is C20H27N5O2S. The van der Waals surface area contributed by atoms with E-state index in [-0.39, 0.29) is 23.6 Å². The van der Waals surface area contributed by atoms with Crippen molar-refractivity contribution < 1.29 is 9.59 Å². The highest BCUT2D eigenvalue weighted by Gasteiger charge is 2.43. The quantitative estimate of drug-likeness (QED) is 0.805. The van der Waals surface area contributed by atoms with Crippen LogP contribution in [0.25, 0.3) is 0 Å². The minimum Gasteiger partial charge on any atom is -0.378 e. The molecule has 1 heterocycles. The molecular weight excluding hydrogens is 374 g/mol. The van der Waals surface area contributed by atoms with Gasteiger partial charge in [0, 0.05) is 36.7 Å². The highest BCUT2D eigenvalue weighted by Crippen LogP contribution is 2.36. The molecule has 8 heteroatoms. The zero-order chi connectivity index (χ0) is 20.5. The van der Waals surface area contributed by atoms with Crippen molar-refractivity contribution in [3.8, 4) is 0 Å². The Labute approximate surface area is 169 Å². The fourth-order valence-corrected chi connectivity index (χ4v) is 3.50. The number of rotatable bonds is 6. The molecule has 1 saturated carbocycles. The summed E-state index contributed by atoms with van der Waals surface area (Å²) in [5.74, 6) is -0.435. The molecule has 7 nitrogen and oxygen atoms in total. The zero-order valence-electron chi connectivity index (χ0n) is 17.0. The molecule has 0 unspecified atom stereocenters. The van der Waals surface area contributed by atoms with Crippen molar-refractivity contribution in [1.29, 1.82) is 0 Å². The maximum absolute atomic E-state index is 13.3. The summed E-state index contributed by atoms with van der Waals surface area (Å²) in [5, 5.41) is 8.61. The van der Waals surface area contributed by atoms with Crippen LogP contribution in [-0.4, -0.2) is 52.0 Å². The van der Waals surface area contributed by atoms with Crippen LogP contribution in [0.3, 0.4) is 0 Å². The first kappa shape index (κ1) is 20.3. The van der Waals surface area contributed by atoms with Crippen LogP contribution in [-0.2, 0) is 4.79 Å². The summed E-state index contributed by atoms with van der Waals surface area (Å²) in [6.45, 7) is 5.81. The van der Waals surface area contributed by atoms with Gasteiger partial charge in [0.05, 0.1) is 0 Å². The third kappa shape index (κ3) is 4.67. The number of amides is 2. The Hall–Kier alpha value is -2.48. The lowest BCUT2D eigenvalue weighted by Crippen LogP contribution is -2.50. The van der Waals surface area contributed by atoms with Crippen molar-refractivity contribution >= 4 is 29.0 Å². The lowest BCUT2D eigenvalue weighted by Gasteiger charge is -2.33. The topological polar surface area (TPSA) is 78.4 Å². The molecule has 2 aromatic rings. The highest BCUT2D eigenvalue weighted by atomic mass is 32.1. The molecule has 1 aromatic heterocycles. The first-order valence-corrected chi connectivity index (χ1v) is 10.2.